The molecule has 0 N–H and O–H groups in total. The number of hydrogen-bond acceptors (Lipinski definition) is 4. The second-order valence-corrected chi connectivity index (χ2v) is 29.4. The van der Waals surface area contributed by atoms with E-state index in [2.05, 4.69) is 231 Å². The molecule has 1 aliphatic carbocycles. The van der Waals surface area contributed by atoms with Gasteiger partial charge in [0.1, 0.15) is 14.7 Å². The van der Waals surface area contributed by atoms with Gasteiger partial charge in [-0.25, -0.2) is 0 Å². The predicted octanol–water partition coefficient (Wildman–Crippen LogP) is 21.0. The zero-order valence-corrected chi connectivity index (χ0v) is 51.2. The van der Waals surface area contributed by atoms with Gasteiger partial charge >= 0.3 is 5.97 Å². The molecule has 0 saturated heterocycles. The molecule has 0 aliphatic heterocycles. The number of thiophene rings is 1. The minimum absolute atomic E-state index is 0.0812. The van der Waals surface area contributed by atoms with E-state index in [0.717, 1.165) is 29.2 Å². The Balaban J connectivity index is 0.968. The Morgan fingerprint density at radius 3 is 1.55 bits per heavy atom. The summed E-state index contributed by atoms with van der Waals surface area (Å²) < 4.78 is 9.43. The first-order chi connectivity index (χ1) is 40.1. The van der Waals surface area contributed by atoms with Crippen LogP contribution in [0.25, 0.3) is 65.6 Å². The standard InChI is InChI=1S/C76H82N2O2SSi/c1-7-10-12-14-16-26-48-76(49-27-17-15-13-11-8-2)69-52-58(56-34-40-64(41-35-56)78(62-29-20-18-21-30-62)63-31-22-19-23-32-63)36-42-65(69)66-43-37-59(53-70(66)76)57-38-44-71-67(50-57)68-51-60(39-45-72(68)77(71)9-3)73-46-47-75(81-73)82(5,6)74-33-25-24-28-61(74)54-80-55(4)79/h18-25,28-47,50-53H,7-17,26-27,48-49,54H2,1-6H3. The van der Waals surface area contributed by atoms with Crippen molar-refractivity contribution in [3.63, 3.8) is 0 Å². The van der Waals surface area contributed by atoms with E-state index in [1.165, 1.54) is 183 Å². The smallest absolute Gasteiger partial charge is 0.302 e. The van der Waals surface area contributed by atoms with Crippen molar-refractivity contribution in [2.75, 3.05) is 4.90 Å². The maximum absolute atomic E-state index is 11.8. The van der Waals surface area contributed by atoms with E-state index in [1.807, 2.05) is 17.4 Å². The van der Waals surface area contributed by atoms with Gasteiger partial charge in [0.2, 0.25) is 0 Å². The van der Waals surface area contributed by atoms with Gasteiger partial charge in [-0.2, -0.15) is 0 Å². The molecular weight excluding hydrogens is 1030 g/mol. The third-order valence-electron chi connectivity index (χ3n) is 17.9. The number of para-hydroxylation sites is 2. The third-order valence-corrected chi connectivity index (χ3v) is 23.9. The van der Waals surface area contributed by atoms with E-state index in [4.69, 9.17) is 4.74 Å². The monoisotopic (exact) mass is 1110 g/mol. The first-order valence-corrected chi connectivity index (χ1v) is 34.6. The van der Waals surface area contributed by atoms with Gasteiger partial charge in [0, 0.05) is 62.6 Å². The van der Waals surface area contributed by atoms with Gasteiger partial charge in [0.15, 0.2) is 0 Å². The molecule has 1 aliphatic rings. The van der Waals surface area contributed by atoms with Crippen LogP contribution in [-0.4, -0.2) is 18.6 Å². The van der Waals surface area contributed by atoms with E-state index in [9.17, 15) is 4.79 Å². The quantitative estimate of drug-likeness (QED) is 0.0325. The molecule has 11 rings (SSSR count). The summed E-state index contributed by atoms with van der Waals surface area (Å²) >= 11 is 1.92. The van der Waals surface area contributed by atoms with Crippen molar-refractivity contribution in [3.8, 4) is 43.8 Å². The van der Waals surface area contributed by atoms with Crippen LogP contribution >= 0.6 is 11.3 Å². The molecule has 0 fully saturated rings. The van der Waals surface area contributed by atoms with E-state index < -0.39 is 8.07 Å². The molecule has 0 radical (unpaired) electrons. The predicted molar refractivity (Wildman–Crippen MR) is 355 cm³/mol. The molecule has 4 nitrogen and oxygen atoms in total. The van der Waals surface area contributed by atoms with Crippen LogP contribution < -0.4 is 14.6 Å². The largest absolute Gasteiger partial charge is 0.461 e. The molecular formula is C76H82N2O2SSi. The summed E-state index contributed by atoms with van der Waals surface area (Å²) in [4.78, 5) is 15.5. The van der Waals surface area contributed by atoms with Gasteiger partial charge in [-0.3, -0.25) is 4.79 Å². The summed E-state index contributed by atoms with van der Waals surface area (Å²) in [5.74, 6) is -0.249. The summed E-state index contributed by atoms with van der Waals surface area (Å²) in [5, 5.41) is 3.93. The molecule has 0 atom stereocenters. The van der Waals surface area contributed by atoms with Crippen molar-refractivity contribution >= 4 is 73.9 Å². The van der Waals surface area contributed by atoms with Crippen LogP contribution in [0.15, 0.2) is 194 Å². The molecule has 2 aromatic heterocycles. The highest BCUT2D eigenvalue weighted by atomic mass is 32.1. The van der Waals surface area contributed by atoms with Crippen molar-refractivity contribution in [2.45, 2.75) is 149 Å². The number of nitrogens with zero attached hydrogens (tertiary/aromatic N) is 2. The molecule has 0 saturated carbocycles. The summed E-state index contributed by atoms with van der Waals surface area (Å²) in [6.07, 6.45) is 17.8. The van der Waals surface area contributed by atoms with Crippen molar-refractivity contribution in [3.05, 3.63) is 211 Å². The summed E-state index contributed by atoms with van der Waals surface area (Å²) in [6.45, 7) is 14.5. The van der Waals surface area contributed by atoms with Crippen LogP contribution in [-0.2, 0) is 28.1 Å². The Labute approximate surface area is 493 Å². The molecule has 2 heterocycles. The highest BCUT2D eigenvalue weighted by molar-refractivity contribution is 7.31. The number of hydrogen-bond donors (Lipinski definition) is 0. The molecule has 6 heteroatoms. The van der Waals surface area contributed by atoms with Crippen molar-refractivity contribution < 1.29 is 9.53 Å². The van der Waals surface area contributed by atoms with Gasteiger partial charge in [-0.05, 0) is 164 Å². The summed E-state index contributed by atoms with van der Waals surface area (Å²) in [5.41, 5.74) is 19.3. The topological polar surface area (TPSA) is 34.5 Å². The maximum atomic E-state index is 11.8. The molecule has 0 bridgehead atoms. The van der Waals surface area contributed by atoms with Crippen molar-refractivity contribution in [1.82, 2.24) is 4.57 Å². The third kappa shape index (κ3) is 11.6. The van der Waals surface area contributed by atoms with E-state index >= 15 is 0 Å². The lowest BCUT2D eigenvalue weighted by Crippen LogP contribution is -2.53. The van der Waals surface area contributed by atoms with Gasteiger partial charge in [0.25, 0.3) is 0 Å². The lowest BCUT2D eigenvalue weighted by atomic mass is 9.70. The average Bonchev–Trinajstić information content (AvgIpc) is 3.21. The van der Waals surface area contributed by atoms with Gasteiger partial charge in [-0.1, -0.05) is 219 Å². The number of aryl methyl sites for hydroxylation is 1. The maximum Gasteiger partial charge on any atom is 0.302 e. The Bertz CT molecular complexity index is 3740. The Morgan fingerprint density at radius 2 is 0.976 bits per heavy atom. The number of aromatic nitrogens is 1. The Hall–Kier alpha value is -7.25. The lowest BCUT2D eigenvalue weighted by Gasteiger charge is -2.33. The number of carbonyl (C=O) groups is 1. The van der Waals surface area contributed by atoms with E-state index in [-0.39, 0.29) is 11.4 Å². The number of benzene rings is 8. The van der Waals surface area contributed by atoms with Crippen LogP contribution in [0.2, 0.25) is 13.1 Å². The van der Waals surface area contributed by atoms with Crippen LogP contribution in [0, 0.1) is 0 Å². The van der Waals surface area contributed by atoms with Crippen LogP contribution in [0.1, 0.15) is 134 Å². The second kappa shape index (κ2) is 25.5. The van der Waals surface area contributed by atoms with Crippen LogP contribution in [0.3, 0.4) is 0 Å². The molecule has 0 amide bonds. The molecule has 0 unspecified atom stereocenters. The fourth-order valence-electron chi connectivity index (χ4n) is 13.5. The van der Waals surface area contributed by atoms with E-state index in [0.29, 0.717) is 6.61 Å². The highest BCUT2D eigenvalue weighted by Gasteiger charge is 2.43. The number of anilines is 3. The van der Waals surface area contributed by atoms with Crippen molar-refractivity contribution in [2.24, 2.45) is 0 Å². The normalized spacial score (nSPS) is 12.7. The van der Waals surface area contributed by atoms with Crippen molar-refractivity contribution in [1.29, 1.82) is 0 Å². The van der Waals surface area contributed by atoms with Gasteiger partial charge < -0.3 is 14.2 Å². The average molecular weight is 1120 g/mol. The fraction of sp³-hybridized carbons (Fsp3) is 0.303. The number of carbonyl (C=O) groups excluding carboxylic acids is 1. The fourth-order valence-corrected chi connectivity index (χ4v) is 18.2. The lowest BCUT2D eigenvalue weighted by molar-refractivity contribution is -0.142. The second-order valence-electron chi connectivity index (χ2n) is 23.6. The molecule has 8 aromatic carbocycles. The number of rotatable bonds is 25. The Morgan fingerprint density at radius 1 is 0.500 bits per heavy atom. The molecule has 0 spiro atoms. The minimum atomic E-state index is -2.12. The van der Waals surface area contributed by atoms with Gasteiger partial charge in [0.05, 0.1) is 0 Å². The van der Waals surface area contributed by atoms with Crippen LogP contribution in [0.5, 0.6) is 0 Å². The first-order valence-electron chi connectivity index (χ1n) is 30.8. The zero-order valence-electron chi connectivity index (χ0n) is 49.4. The number of unbranched alkanes of at least 4 members (excludes halogenated alkanes) is 10. The highest BCUT2D eigenvalue weighted by Crippen LogP contribution is 2.56. The zero-order chi connectivity index (χ0) is 56.6. The van der Waals surface area contributed by atoms with Crippen LogP contribution in [0.4, 0.5) is 17.1 Å². The summed E-state index contributed by atoms with van der Waals surface area (Å²) in [7, 11) is -2.12. The SMILES string of the molecule is CCCCCCCCC1(CCCCCCCC)c2cc(-c3ccc(N(c4ccccc4)c4ccccc4)cc3)ccc2-c2ccc(-c3ccc4c(c3)c3cc(-c5ccc([Si](C)(C)c6ccccc6COC(C)=O)s5)ccc3n4CC)cc21. The Kier molecular flexibility index (Phi) is 17.6. The van der Waals surface area contributed by atoms with E-state index in [1.54, 1.807) is 0 Å². The minimum Gasteiger partial charge on any atom is -0.461 e. The number of ether oxygens (including phenoxy) is 1. The number of fused-ring (bicyclic) bond motifs is 6. The summed E-state index contributed by atoms with van der Waals surface area (Å²) in [6, 6.07) is 73.3. The van der Waals surface area contributed by atoms with Gasteiger partial charge in [-0.15, -0.1) is 11.3 Å². The number of esters is 1. The molecule has 82 heavy (non-hydrogen) atoms. The first kappa shape index (κ1) is 56.6. The molecule has 418 valence electrons. The molecule has 10 aromatic rings.